The van der Waals surface area contributed by atoms with Gasteiger partial charge in [0.1, 0.15) is 7.11 Å². The number of hydrogen-bond acceptors (Lipinski definition) is 7. The van der Waals surface area contributed by atoms with Crippen LogP contribution in [0, 0.1) is 10.2 Å². The van der Waals surface area contributed by atoms with E-state index in [1.54, 1.807) is 24.5 Å². The Morgan fingerprint density at radius 1 is 1.18 bits per heavy atom. The number of nitrogens with zero attached hydrogens (tertiary/aromatic N) is 1. The van der Waals surface area contributed by atoms with Gasteiger partial charge in [0.25, 0.3) is 0 Å². The van der Waals surface area contributed by atoms with Crippen molar-refractivity contribution in [2.45, 2.75) is 0 Å². The highest BCUT2D eigenvalue weighted by molar-refractivity contribution is 5.88. The number of rotatable bonds is 2. The van der Waals surface area contributed by atoms with Gasteiger partial charge >= 0.3 is 5.97 Å². The summed E-state index contributed by atoms with van der Waals surface area (Å²) in [6.45, 7) is 0. The number of aromatic nitrogens is 1. The van der Waals surface area contributed by atoms with Gasteiger partial charge in [-0.15, -0.1) is 10.2 Å². The third kappa shape index (κ3) is 8.37. The van der Waals surface area contributed by atoms with Crippen LogP contribution in [0.5, 0.6) is 0 Å². The van der Waals surface area contributed by atoms with E-state index in [0.717, 1.165) is 0 Å². The molecular formula is C8H10ClNO7. The molecule has 0 saturated heterocycles. The lowest BCUT2D eigenvalue weighted by Gasteiger charge is -2.17. The molecule has 0 fully saturated rings. The Bertz CT molecular complexity index is 342. The van der Waals surface area contributed by atoms with Gasteiger partial charge in [-0.05, 0) is 0 Å². The molecule has 0 amide bonds. The van der Waals surface area contributed by atoms with Crippen molar-refractivity contribution in [3.8, 4) is 0 Å². The van der Waals surface area contributed by atoms with Crippen LogP contribution in [0.2, 0.25) is 0 Å². The number of esters is 1. The monoisotopic (exact) mass is 267 g/mol. The summed E-state index contributed by atoms with van der Waals surface area (Å²) in [5.41, 5.74) is 0.505. The second-order valence-electron chi connectivity index (χ2n) is 2.50. The van der Waals surface area contributed by atoms with Crippen LogP contribution < -0.4 is 28.2 Å². The fraction of sp³-hybridized carbons (Fsp3) is 0.250. The van der Waals surface area contributed by atoms with Gasteiger partial charge in [-0.25, -0.2) is 23.4 Å². The summed E-state index contributed by atoms with van der Waals surface area (Å²) in [6, 6.07) is 3.24. The first-order valence-corrected chi connectivity index (χ1v) is 5.27. The Morgan fingerprint density at radius 3 is 1.88 bits per heavy atom. The fourth-order valence-corrected chi connectivity index (χ4v) is 0.788. The fourth-order valence-electron chi connectivity index (χ4n) is 0.788. The number of halogens is 1. The quantitative estimate of drug-likeness (QED) is 0.387. The lowest BCUT2D eigenvalue weighted by Crippen LogP contribution is -2.68. The van der Waals surface area contributed by atoms with E-state index in [1.807, 2.05) is 0 Å². The van der Waals surface area contributed by atoms with E-state index in [0.29, 0.717) is 5.56 Å². The molecule has 1 aromatic heterocycles. The maximum absolute atomic E-state index is 10.9. The van der Waals surface area contributed by atoms with E-state index in [-0.39, 0.29) is 5.97 Å². The average Bonchev–Trinajstić information content (AvgIpc) is 2.26. The van der Waals surface area contributed by atoms with Crippen LogP contribution in [0.3, 0.4) is 0 Å². The van der Waals surface area contributed by atoms with Crippen molar-refractivity contribution in [3.63, 3.8) is 0 Å². The van der Waals surface area contributed by atoms with Crippen LogP contribution in [0.15, 0.2) is 24.5 Å². The first-order chi connectivity index (χ1) is 7.77. The summed E-state index contributed by atoms with van der Waals surface area (Å²) in [6.07, 6.45) is 3.26. The van der Waals surface area contributed by atoms with Gasteiger partial charge in [0, 0.05) is 16.9 Å². The number of carbonyl (C=O) groups excluding carboxylic acids is 1. The van der Waals surface area contributed by atoms with Crippen molar-refractivity contribution < 1.29 is 48.0 Å². The van der Waals surface area contributed by atoms with Crippen LogP contribution in [0.1, 0.15) is 10.4 Å². The lowest BCUT2D eigenvalue weighted by molar-refractivity contribution is -2.00. The molecule has 0 aromatic carbocycles. The van der Waals surface area contributed by atoms with Gasteiger partial charge in [0.15, 0.2) is 0 Å². The molecule has 0 saturated carbocycles. The first-order valence-electron chi connectivity index (χ1n) is 4.03. The van der Waals surface area contributed by atoms with Gasteiger partial charge in [0.05, 0.1) is 12.7 Å². The van der Waals surface area contributed by atoms with Crippen LogP contribution in [-0.4, -0.2) is 20.2 Å². The molecular weight excluding hydrogens is 258 g/mol. The molecule has 8 nitrogen and oxygen atoms in total. The molecule has 9 heteroatoms. The van der Waals surface area contributed by atoms with E-state index in [2.05, 4.69) is 4.74 Å². The van der Waals surface area contributed by atoms with Crippen molar-refractivity contribution in [2.24, 2.45) is 0 Å². The average molecular weight is 268 g/mol. The zero-order valence-electron chi connectivity index (χ0n) is 8.99. The zero-order valence-corrected chi connectivity index (χ0v) is 9.75. The third-order valence-electron chi connectivity index (χ3n) is 1.43. The molecule has 1 heterocycles. The minimum Gasteiger partial charge on any atom is -0.465 e. The summed E-state index contributed by atoms with van der Waals surface area (Å²) in [7, 11) is -2.06. The van der Waals surface area contributed by atoms with Gasteiger partial charge in [0.2, 0.25) is 12.4 Å². The van der Waals surface area contributed by atoms with E-state index in [1.165, 1.54) is 19.0 Å². The molecule has 1 aromatic rings. The van der Waals surface area contributed by atoms with Crippen LogP contribution in [0.4, 0.5) is 0 Å². The summed E-state index contributed by atoms with van der Waals surface area (Å²) in [5, 5.41) is 0. The molecule has 0 spiro atoms. The van der Waals surface area contributed by atoms with E-state index < -0.39 is 10.2 Å². The second-order valence-corrected chi connectivity index (χ2v) is 3.25. The number of methoxy groups -OCH3 is 1. The molecule has 0 aliphatic rings. The van der Waals surface area contributed by atoms with Crippen molar-refractivity contribution in [1.82, 2.24) is 0 Å². The molecule has 0 radical (unpaired) electrons. The summed E-state index contributed by atoms with van der Waals surface area (Å²) >= 11 is 0. The largest absolute Gasteiger partial charge is 0.465 e. The molecule has 0 atom stereocenters. The number of pyridine rings is 1. The molecule has 0 N–H and O–H groups in total. The molecule has 0 aliphatic carbocycles. The van der Waals surface area contributed by atoms with Gasteiger partial charge in [-0.1, -0.05) is 0 Å². The highest BCUT2D eigenvalue weighted by atomic mass is 35.7. The maximum atomic E-state index is 10.9. The second kappa shape index (κ2) is 6.99. The number of hydrogen-bond donors (Lipinski definition) is 0. The SMILES string of the molecule is COC(=O)c1cc[n+](OC)cc1.[O-][Cl+3]([O-])([O-])[O-]. The van der Waals surface area contributed by atoms with Crippen LogP contribution in [-0.2, 0) is 4.74 Å². The summed E-state index contributed by atoms with van der Waals surface area (Å²) in [5.74, 6) is -0.349. The molecule has 0 unspecified atom stereocenters. The topological polar surface area (TPSA) is 132 Å². The molecule has 1 rings (SSSR count). The highest BCUT2D eigenvalue weighted by Crippen LogP contribution is 1.96. The summed E-state index contributed by atoms with van der Waals surface area (Å²) < 4.78 is 40.0. The first kappa shape index (κ1) is 15.6. The maximum Gasteiger partial charge on any atom is 0.338 e. The molecule has 17 heavy (non-hydrogen) atoms. The highest BCUT2D eigenvalue weighted by Gasteiger charge is 2.07. The van der Waals surface area contributed by atoms with Gasteiger partial charge in [-0.2, -0.15) is 0 Å². The normalized spacial score (nSPS) is 10.0. The third-order valence-corrected chi connectivity index (χ3v) is 1.43. The summed E-state index contributed by atoms with van der Waals surface area (Å²) in [4.78, 5) is 15.8. The molecule has 96 valence electrons. The Balaban J connectivity index is 0.000000437. The van der Waals surface area contributed by atoms with E-state index in [9.17, 15) is 4.79 Å². The zero-order chi connectivity index (χ0) is 13.5. The standard InChI is InChI=1S/C8H10NO3.ClHO4/c1-11-8(10)7-3-5-9(12-2)6-4-7;2-1(3,4)5/h3-6H,1-2H3;(H,2,3,4,5)/q+1;/p-1. The molecule has 0 bridgehead atoms. The van der Waals surface area contributed by atoms with Gasteiger partial charge < -0.3 is 4.74 Å². The Hall–Kier alpha value is -1.45. The lowest BCUT2D eigenvalue weighted by atomic mass is 10.3. The Labute approximate surface area is 98.9 Å². The van der Waals surface area contributed by atoms with Gasteiger partial charge in [-0.3, -0.25) is 4.84 Å². The van der Waals surface area contributed by atoms with Crippen LogP contribution >= 0.6 is 0 Å². The number of ether oxygens (including phenoxy) is 1. The van der Waals surface area contributed by atoms with Crippen molar-refractivity contribution in [2.75, 3.05) is 14.2 Å². The Kier molecular flexibility index (Phi) is 6.39. The predicted octanol–water partition coefficient (Wildman–Crippen LogP) is -4.94. The molecule has 0 aliphatic heterocycles. The van der Waals surface area contributed by atoms with Crippen molar-refractivity contribution in [1.29, 1.82) is 0 Å². The smallest absolute Gasteiger partial charge is 0.338 e. The predicted molar refractivity (Wildman–Crippen MR) is 40.5 cm³/mol. The van der Waals surface area contributed by atoms with Crippen molar-refractivity contribution in [3.05, 3.63) is 30.1 Å². The Morgan fingerprint density at radius 2 is 1.59 bits per heavy atom. The van der Waals surface area contributed by atoms with E-state index >= 15 is 0 Å². The number of carbonyl (C=O) groups is 1. The minimum absolute atomic E-state index is 0.349. The van der Waals surface area contributed by atoms with Crippen LogP contribution in [0.25, 0.3) is 0 Å². The minimum atomic E-state index is -4.94. The van der Waals surface area contributed by atoms with Crippen molar-refractivity contribution >= 4 is 5.97 Å². The van der Waals surface area contributed by atoms with E-state index in [4.69, 9.17) is 23.5 Å².